The summed E-state index contributed by atoms with van der Waals surface area (Å²) < 4.78 is 6.02. The minimum Gasteiger partial charge on any atom is -0.619 e. The van der Waals surface area contributed by atoms with Gasteiger partial charge in [-0.2, -0.15) is 9.71 Å². The van der Waals surface area contributed by atoms with Gasteiger partial charge in [0.25, 0.3) is 5.91 Å². The number of hydrogen-bond donors (Lipinski definition) is 0. The summed E-state index contributed by atoms with van der Waals surface area (Å²) in [5, 5.41) is 17.1. The number of aryl methyl sites for hydroxylation is 1. The molecule has 0 spiro atoms. The van der Waals surface area contributed by atoms with Crippen molar-refractivity contribution in [1.29, 1.82) is 0 Å². The van der Waals surface area contributed by atoms with E-state index in [1.807, 2.05) is 22.4 Å². The molecule has 9 heteroatoms. The summed E-state index contributed by atoms with van der Waals surface area (Å²) in [6, 6.07) is 7.08. The van der Waals surface area contributed by atoms with E-state index in [-0.39, 0.29) is 5.91 Å². The van der Waals surface area contributed by atoms with Crippen molar-refractivity contribution in [2.75, 3.05) is 32.7 Å². The Morgan fingerprint density at radius 2 is 2.00 bits per heavy atom. The Morgan fingerprint density at radius 3 is 2.71 bits per heavy atom. The SMILES string of the molecule is O=C(c1cc[n+]([O-])cc1)N1CCN(CCCc2nc(-c3cccs3)no2)CC1. The molecule has 1 aliphatic rings. The average Bonchev–Trinajstić information content (AvgIpc) is 3.40. The van der Waals surface area contributed by atoms with Gasteiger partial charge in [-0.15, -0.1) is 11.3 Å². The van der Waals surface area contributed by atoms with Crippen molar-refractivity contribution in [2.24, 2.45) is 0 Å². The zero-order valence-corrected chi connectivity index (χ0v) is 16.2. The predicted octanol–water partition coefficient (Wildman–Crippen LogP) is 1.82. The molecule has 4 heterocycles. The second-order valence-electron chi connectivity index (χ2n) is 6.67. The molecule has 28 heavy (non-hydrogen) atoms. The van der Waals surface area contributed by atoms with Crippen LogP contribution in [0.1, 0.15) is 22.7 Å². The summed E-state index contributed by atoms with van der Waals surface area (Å²) in [6.07, 6.45) is 4.38. The van der Waals surface area contributed by atoms with Gasteiger partial charge in [-0.3, -0.25) is 9.69 Å². The standard InChI is InChI=1S/C19H21N5O3S/c25-19(15-5-8-24(26)9-6-15)23-12-10-22(11-13-23)7-1-4-17-20-18(21-27-17)16-3-2-14-28-16/h2-3,5-6,8-9,14H,1,4,7,10-13H2. The molecule has 4 rings (SSSR count). The smallest absolute Gasteiger partial charge is 0.254 e. The van der Waals surface area contributed by atoms with Gasteiger partial charge in [0, 0.05) is 44.7 Å². The van der Waals surface area contributed by atoms with Crippen LogP contribution < -0.4 is 4.73 Å². The zero-order chi connectivity index (χ0) is 19.3. The molecule has 1 fully saturated rings. The van der Waals surface area contributed by atoms with E-state index < -0.39 is 0 Å². The van der Waals surface area contributed by atoms with Crippen molar-refractivity contribution >= 4 is 17.2 Å². The third-order valence-electron chi connectivity index (χ3n) is 4.78. The van der Waals surface area contributed by atoms with Crippen LogP contribution in [0.3, 0.4) is 0 Å². The largest absolute Gasteiger partial charge is 0.619 e. The summed E-state index contributed by atoms with van der Waals surface area (Å²) in [6.45, 7) is 3.98. The number of carbonyl (C=O) groups is 1. The van der Waals surface area contributed by atoms with Crippen LogP contribution in [0.25, 0.3) is 10.7 Å². The molecule has 0 radical (unpaired) electrons. The molecule has 146 valence electrons. The molecule has 0 aliphatic carbocycles. The lowest BCUT2D eigenvalue weighted by atomic mass is 10.2. The first kappa shape index (κ1) is 18.6. The monoisotopic (exact) mass is 399 g/mol. The highest BCUT2D eigenvalue weighted by atomic mass is 32.1. The minimum absolute atomic E-state index is 0.0211. The van der Waals surface area contributed by atoms with Crippen LogP contribution in [-0.4, -0.2) is 58.6 Å². The molecule has 0 bridgehead atoms. The summed E-state index contributed by atoms with van der Waals surface area (Å²) in [4.78, 5) is 22.1. The lowest BCUT2D eigenvalue weighted by Gasteiger charge is -2.34. The Kier molecular flexibility index (Phi) is 5.63. The number of hydrogen-bond acceptors (Lipinski definition) is 7. The molecule has 1 aliphatic heterocycles. The van der Waals surface area contributed by atoms with Gasteiger partial charge in [0.2, 0.25) is 11.7 Å². The van der Waals surface area contributed by atoms with Gasteiger partial charge in [0.15, 0.2) is 12.4 Å². The molecular formula is C19H21N5O3S. The quantitative estimate of drug-likeness (QED) is 0.464. The van der Waals surface area contributed by atoms with Crippen molar-refractivity contribution in [1.82, 2.24) is 19.9 Å². The highest BCUT2D eigenvalue weighted by Crippen LogP contribution is 2.21. The molecule has 0 aromatic carbocycles. The lowest BCUT2D eigenvalue weighted by molar-refractivity contribution is -0.605. The third kappa shape index (κ3) is 4.37. The lowest BCUT2D eigenvalue weighted by Crippen LogP contribution is -2.49. The van der Waals surface area contributed by atoms with Crippen molar-refractivity contribution < 1.29 is 14.0 Å². The van der Waals surface area contributed by atoms with Crippen LogP contribution in [-0.2, 0) is 6.42 Å². The number of carbonyl (C=O) groups excluding carboxylic acids is 1. The van der Waals surface area contributed by atoms with Gasteiger partial charge < -0.3 is 14.6 Å². The highest BCUT2D eigenvalue weighted by molar-refractivity contribution is 7.13. The van der Waals surface area contributed by atoms with E-state index >= 15 is 0 Å². The van der Waals surface area contributed by atoms with E-state index in [0.29, 0.717) is 35.1 Å². The molecule has 3 aromatic heterocycles. The number of aromatic nitrogens is 3. The molecule has 1 amide bonds. The summed E-state index contributed by atoms with van der Waals surface area (Å²) in [5.74, 6) is 1.30. The first-order chi connectivity index (χ1) is 13.7. The van der Waals surface area contributed by atoms with Gasteiger partial charge >= 0.3 is 0 Å². The van der Waals surface area contributed by atoms with Crippen molar-refractivity contribution in [2.45, 2.75) is 12.8 Å². The molecular weight excluding hydrogens is 378 g/mol. The number of nitrogens with zero attached hydrogens (tertiary/aromatic N) is 5. The maximum Gasteiger partial charge on any atom is 0.254 e. The van der Waals surface area contributed by atoms with Gasteiger partial charge in [0.1, 0.15) is 0 Å². The second kappa shape index (κ2) is 8.49. The van der Waals surface area contributed by atoms with Crippen LogP contribution in [0.5, 0.6) is 0 Å². The van der Waals surface area contributed by atoms with Gasteiger partial charge in [-0.05, 0) is 24.4 Å². The Balaban J connectivity index is 1.21. The van der Waals surface area contributed by atoms with Gasteiger partial charge in [0.05, 0.1) is 10.4 Å². The number of rotatable bonds is 6. The zero-order valence-electron chi connectivity index (χ0n) is 15.4. The van der Waals surface area contributed by atoms with E-state index in [9.17, 15) is 10.0 Å². The van der Waals surface area contributed by atoms with E-state index in [1.54, 1.807) is 23.5 Å². The topological polar surface area (TPSA) is 89.4 Å². The molecule has 3 aromatic rings. The van der Waals surface area contributed by atoms with E-state index in [2.05, 4.69) is 15.0 Å². The summed E-state index contributed by atoms with van der Waals surface area (Å²) in [5.41, 5.74) is 0.554. The maximum atomic E-state index is 12.5. The third-order valence-corrected chi connectivity index (χ3v) is 5.65. The Morgan fingerprint density at radius 1 is 1.21 bits per heavy atom. The average molecular weight is 399 g/mol. The summed E-state index contributed by atoms with van der Waals surface area (Å²) in [7, 11) is 0. The van der Waals surface area contributed by atoms with Crippen molar-refractivity contribution in [3.8, 4) is 10.7 Å². The molecule has 0 unspecified atom stereocenters. The molecule has 1 saturated heterocycles. The minimum atomic E-state index is -0.0211. The molecule has 0 atom stereocenters. The van der Waals surface area contributed by atoms with Crippen LogP contribution in [0.2, 0.25) is 0 Å². The number of pyridine rings is 1. The first-order valence-electron chi connectivity index (χ1n) is 9.26. The van der Waals surface area contributed by atoms with E-state index in [1.165, 1.54) is 12.4 Å². The van der Waals surface area contributed by atoms with Crippen LogP contribution >= 0.6 is 11.3 Å². The fraction of sp³-hybridized carbons (Fsp3) is 0.368. The van der Waals surface area contributed by atoms with E-state index in [0.717, 1.165) is 37.4 Å². The normalized spacial score (nSPS) is 15.1. The number of amides is 1. The fourth-order valence-electron chi connectivity index (χ4n) is 3.23. The Bertz CT molecular complexity index is 902. The van der Waals surface area contributed by atoms with E-state index in [4.69, 9.17) is 4.52 Å². The predicted molar refractivity (Wildman–Crippen MR) is 104 cm³/mol. The van der Waals surface area contributed by atoms with Crippen LogP contribution in [0.15, 0.2) is 46.6 Å². The fourth-order valence-corrected chi connectivity index (χ4v) is 3.88. The molecule has 0 N–H and O–H groups in total. The Hall–Kier alpha value is -2.78. The number of piperazine rings is 1. The van der Waals surface area contributed by atoms with Crippen molar-refractivity contribution in [3.63, 3.8) is 0 Å². The number of thiophene rings is 1. The Labute approximate surface area is 166 Å². The molecule has 8 nitrogen and oxygen atoms in total. The van der Waals surface area contributed by atoms with Crippen molar-refractivity contribution in [3.05, 3.63) is 58.7 Å². The van der Waals surface area contributed by atoms with Gasteiger partial charge in [-0.25, -0.2) is 0 Å². The first-order valence-corrected chi connectivity index (χ1v) is 10.1. The second-order valence-corrected chi connectivity index (χ2v) is 7.62. The summed E-state index contributed by atoms with van der Waals surface area (Å²) >= 11 is 1.60. The van der Waals surface area contributed by atoms with Crippen LogP contribution in [0.4, 0.5) is 0 Å². The highest BCUT2D eigenvalue weighted by Gasteiger charge is 2.22. The maximum absolute atomic E-state index is 12.5. The van der Waals surface area contributed by atoms with Gasteiger partial charge in [-0.1, -0.05) is 11.2 Å². The molecule has 0 saturated carbocycles. The van der Waals surface area contributed by atoms with Crippen LogP contribution in [0, 0.1) is 5.21 Å².